The van der Waals surface area contributed by atoms with Crippen molar-refractivity contribution < 1.29 is 14.3 Å². The van der Waals surface area contributed by atoms with E-state index in [9.17, 15) is 9.59 Å². The summed E-state index contributed by atoms with van der Waals surface area (Å²) >= 11 is 1.42. The number of anilines is 1. The fourth-order valence-electron chi connectivity index (χ4n) is 2.86. The SMILES string of the molecule is O=C(Oc1ccc(N2CCCC2=O)cc1)c1cc2ccccc2s1. The minimum atomic E-state index is -0.360. The standard InChI is InChI=1S/C19H15NO3S/c21-18-6-3-11-20(18)14-7-9-15(10-8-14)23-19(22)17-12-13-4-1-2-5-16(13)24-17/h1-2,4-5,7-10,12H,3,6,11H2. The van der Waals surface area contributed by atoms with Crippen molar-refractivity contribution in [2.45, 2.75) is 12.8 Å². The van der Waals surface area contributed by atoms with Crippen molar-refractivity contribution in [3.05, 3.63) is 59.5 Å². The van der Waals surface area contributed by atoms with E-state index in [0.29, 0.717) is 17.0 Å². The van der Waals surface area contributed by atoms with E-state index in [0.717, 1.165) is 28.7 Å². The maximum atomic E-state index is 12.3. The van der Waals surface area contributed by atoms with Crippen LogP contribution in [0.3, 0.4) is 0 Å². The Morgan fingerprint density at radius 1 is 1.08 bits per heavy atom. The first-order chi connectivity index (χ1) is 11.7. The third kappa shape index (κ3) is 2.78. The zero-order chi connectivity index (χ0) is 16.5. The van der Waals surface area contributed by atoms with E-state index in [1.807, 2.05) is 42.5 Å². The molecule has 120 valence electrons. The fraction of sp³-hybridized carbons (Fsp3) is 0.158. The molecule has 24 heavy (non-hydrogen) atoms. The van der Waals surface area contributed by atoms with Crippen LogP contribution in [0.2, 0.25) is 0 Å². The number of fused-ring (bicyclic) bond motifs is 1. The number of hydrogen-bond acceptors (Lipinski definition) is 4. The number of ether oxygens (including phenoxy) is 1. The number of amides is 1. The molecule has 4 nitrogen and oxygen atoms in total. The average Bonchev–Trinajstić information content (AvgIpc) is 3.21. The molecule has 0 spiro atoms. The van der Waals surface area contributed by atoms with Gasteiger partial charge in [-0.15, -0.1) is 11.3 Å². The lowest BCUT2D eigenvalue weighted by molar-refractivity contribution is -0.117. The van der Waals surface area contributed by atoms with Crippen LogP contribution in [0, 0.1) is 0 Å². The number of hydrogen-bond donors (Lipinski definition) is 0. The number of rotatable bonds is 3. The lowest BCUT2D eigenvalue weighted by Crippen LogP contribution is -2.23. The summed E-state index contributed by atoms with van der Waals surface area (Å²) in [5.41, 5.74) is 0.846. The van der Waals surface area contributed by atoms with E-state index >= 15 is 0 Å². The highest BCUT2D eigenvalue weighted by atomic mass is 32.1. The van der Waals surface area contributed by atoms with Crippen LogP contribution < -0.4 is 9.64 Å². The summed E-state index contributed by atoms with van der Waals surface area (Å²) in [5.74, 6) is 0.263. The third-order valence-corrected chi connectivity index (χ3v) is 5.16. The molecule has 0 saturated carbocycles. The van der Waals surface area contributed by atoms with Crippen LogP contribution >= 0.6 is 11.3 Å². The molecule has 0 atom stereocenters. The molecule has 0 radical (unpaired) electrons. The van der Waals surface area contributed by atoms with Crippen molar-refractivity contribution in [2.24, 2.45) is 0 Å². The van der Waals surface area contributed by atoms with Crippen LogP contribution in [-0.2, 0) is 4.79 Å². The molecule has 2 heterocycles. The van der Waals surface area contributed by atoms with Crippen LogP contribution in [0.5, 0.6) is 5.75 Å². The van der Waals surface area contributed by atoms with Crippen molar-refractivity contribution in [1.29, 1.82) is 0 Å². The second kappa shape index (κ2) is 6.09. The molecule has 1 saturated heterocycles. The summed E-state index contributed by atoms with van der Waals surface area (Å²) in [6.45, 7) is 0.750. The molecule has 1 amide bonds. The molecular formula is C19H15NO3S. The minimum Gasteiger partial charge on any atom is -0.422 e. The van der Waals surface area contributed by atoms with Gasteiger partial charge in [0.2, 0.25) is 5.91 Å². The second-order valence-electron chi connectivity index (χ2n) is 5.68. The molecule has 1 aliphatic rings. The number of carbonyl (C=O) groups excluding carboxylic acids is 2. The molecule has 1 aromatic heterocycles. The Labute approximate surface area is 143 Å². The summed E-state index contributed by atoms with van der Waals surface area (Å²) in [6.07, 6.45) is 1.49. The molecular weight excluding hydrogens is 322 g/mol. The van der Waals surface area contributed by atoms with Gasteiger partial charge in [0.05, 0.1) is 0 Å². The van der Waals surface area contributed by atoms with E-state index in [2.05, 4.69) is 0 Å². The Kier molecular flexibility index (Phi) is 3.78. The first kappa shape index (κ1) is 14.9. The Hall–Kier alpha value is -2.66. The molecule has 2 aromatic carbocycles. The number of carbonyl (C=O) groups is 2. The lowest BCUT2D eigenvalue weighted by atomic mass is 10.2. The summed E-state index contributed by atoms with van der Waals surface area (Å²) in [5, 5.41) is 1.04. The zero-order valence-corrected chi connectivity index (χ0v) is 13.7. The predicted octanol–water partition coefficient (Wildman–Crippen LogP) is 4.25. The van der Waals surface area contributed by atoms with Crippen LogP contribution in [0.15, 0.2) is 54.6 Å². The van der Waals surface area contributed by atoms with Crippen LogP contribution in [0.4, 0.5) is 5.69 Å². The quantitative estimate of drug-likeness (QED) is 0.530. The molecule has 3 aromatic rings. The Balaban J connectivity index is 1.50. The topological polar surface area (TPSA) is 46.6 Å². The molecule has 0 aliphatic carbocycles. The highest BCUT2D eigenvalue weighted by Crippen LogP contribution is 2.28. The van der Waals surface area contributed by atoms with Gasteiger partial charge in [-0.3, -0.25) is 4.79 Å². The number of benzene rings is 2. The monoisotopic (exact) mass is 337 g/mol. The van der Waals surface area contributed by atoms with E-state index in [1.54, 1.807) is 17.0 Å². The first-order valence-electron chi connectivity index (χ1n) is 7.82. The third-order valence-electron chi connectivity index (χ3n) is 4.06. The van der Waals surface area contributed by atoms with Crippen LogP contribution in [0.1, 0.15) is 22.5 Å². The zero-order valence-electron chi connectivity index (χ0n) is 12.9. The molecule has 0 N–H and O–H groups in total. The van der Waals surface area contributed by atoms with Crippen molar-refractivity contribution in [3.63, 3.8) is 0 Å². The molecule has 5 heteroatoms. The van der Waals surface area contributed by atoms with Gasteiger partial charge < -0.3 is 9.64 Å². The molecule has 0 unspecified atom stereocenters. The molecule has 1 fully saturated rings. The normalized spacial score (nSPS) is 14.3. The largest absolute Gasteiger partial charge is 0.422 e. The van der Waals surface area contributed by atoms with Gasteiger partial charge >= 0.3 is 5.97 Å². The van der Waals surface area contributed by atoms with E-state index in [4.69, 9.17) is 4.74 Å². The highest BCUT2D eigenvalue weighted by molar-refractivity contribution is 7.20. The van der Waals surface area contributed by atoms with Crippen LogP contribution in [0.25, 0.3) is 10.1 Å². The fourth-order valence-corrected chi connectivity index (χ4v) is 3.79. The molecule has 4 rings (SSSR count). The van der Waals surface area contributed by atoms with Crippen molar-refractivity contribution in [3.8, 4) is 5.75 Å². The highest BCUT2D eigenvalue weighted by Gasteiger charge is 2.21. The summed E-state index contributed by atoms with van der Waals surface area (Å²) in [6, 6.07) is 16.8. The van der Waals surface area contributed by atoms with Gasteiger partial charge in [-0.05, 0) is 48.2 Å². The summed E-state index contributed by atoms with van der Waals surface area (Å²) in [7, 11) is 0. The van der Waals surface area contributed by atoms with Crippen molar-refractivity contribution in [2.75, 3.05) is 11.4 Å². The summed E-state index contributed by atoms with van der Waals surface area (Å²) < 4.78 is 6.50. The number of nitrogens with zero attached hydrogens (tertiary/aromatic N) is 1. The van der Waals surface area contributed by atoms with Gasteiger partial charge in [0, 0.05) is 23.4 Å². The van der Waals surface area contributed by atoms with Gasteiger partial charge in [0.1, 0.15) is 10.6 Å². The average molecular weight is 337 g/mol. The maximum Gasteiger partial charge on any atom is 0.353 e. The van der Waals surface area contributed by atoms with Gasteiger partial charge in [-0.1, -0.05) is 18.2 Å². The Bertz CT molecular complexity index is 881. The minimum absolute atomic E-state index is 0.144. The molecule has 1 aliphatic heterocycles. The lowest BCUT2D eigenvalue weighted by Gasteiger charge is -2.15. The van der Waals surface area contributed by atoms with E-state index in [-0.39, 0.29) is 11.9 Å². The van der Waals surface area contributed by atoms with Crippen molar-refractivity contribution in [1.82, 2.24) is 0 Å². The number of esters is 1. The van der Waals surface area contributed by atoms with E-state index in [1.165, 1.54) is 11.3 Å². The first-order valence-corrected chi connectivity index (χ1v) is 8.63. The Morgan fingerprint density at radius 3 is 2.58 bits per heavy atom. The van der Waals surface area contributed by atoms with Gasteiger partial charge in [-0.25, -0.2) is 4.79 Å². The number of thiophene rings is 1. The predicted molar refractivity (Wildman–Crippen MR) is 94.8 cm³/mol. The van der Waals surface area contributed by atoms with Gasteiger partial charge in [0.25, 0.3) is 0 Å². The van der Waals surface area contributed by atoms with E-state index < -0.39 is 0 Å². The van der Waals surface area contributed by atoms with Gasteiger partial charge in [-0.2, -0.15) is 0 Å². The maximum absolute atomic E-state index is 12.3. The smallest absolute Gasteiger partial charge is 0.353 e. The second-order valence-corrected chi connectivity index (χ2v) is 6.76. The van der Waals surface area contributed by atoms with Crippen molar-refractivity contribution >= 4 is 39.0 Å². The molecule has 0 bridgehead atoms. The summed E-state index contributed by atoms with van der Waals surface area (Å²) in [4.78, 5) is 26.4. The van der Waals surface area contributed by atoms with Gasteiger partial charge in [0.15, 0.2) is 0 Å². The van der Waals surface area contributed by atoms with Crippen LogP contribution in [-0.4, -0.2) is 18.4 Å². The Morgan fingerprint density at radius 2 is 1.88 bits per heavy atom.